The Morgan fingerprint density at radius 3 is 2.36 bits per heavy atom. The third-order valence-electron chi connectivity index (χ3n) is 5.54. The second-order valence-corrected chi connectivity index (χ2v) is 9.56. The highest BCUT2D eigenvalue weighted by Gasteiger charge is 2.46. The molecule has 1 aromatic heterocycles. The lowest BCUT2D eigenvalue weighted by Crippen LogP contribution is -2.59. The average molecular weight is 543 g/mol. The zero-order valence-electron chi connectivity index (χ0n) is 18.8. The lowest BCUT2D eigenvalue weighted by atomic mass is 9.99. The number of hydrogen-bond donors (Lipinski definition) is 8. The van der Waals surface area contributed by atoms with E-state index in [-0.39, 0.29) is 25.5 Å². The van der Waals surface area contributed by atoms with Gasteiger partial charge in [0, 0.05) is 6.20 Å². The summed E-state index contributed by atoms with van der Waals surface area (Å²) in [6.07, 6.45) is -11.8. The molecule has 0 amide bonds. The predicted octanol–water partition coefficient (Wildman–Crippen LogP) is -4.22. The molecule has 10 atom stereocenters. The smallest absolute Gasteiger partial charge is 0.394 e. The number of aliphatic hydroxyl groups excluding tert-OH is 6. The van der Waals surface area contributed by atoms with Crippen LogP contribution >= 0.6 is 7.82 Å². The molecule has 0 aliphatic carbocycles. The first-order valence-electron chi connectivity index (χ1n) is 10.9. The summed E-state index contributed by atoms with van der Waals surface area (Å²) >= 11 is 0. The molecule has 0 radical (unpaired) electrons. The van der Waals surface area contributed by atoms with Crippen molar-refractivity contribution in [3.05, 3.63) is 22.7 Å². The monoisotopic (exact) mass is 543 g/mol. The number of nitrogens with two attached hydrogens (primary N) is 1. The highest BCUT2D eigenvalue weighted by atomic mass is 31.2. The molecule has 36 heavy (non-hydrogen) atoms. The van der Waals surface area contributed by atoms with Crippen LogP contribution in [0.3, 0.4) is 0 Å². The minimum atomic E-state index is -4.63. The number of nitrogens with zero attached hydrogens (tertiary/aromatic N) is 2. The molecule has 3 rings (SSSR count). The summed E-state index contributed by atoms with van der Waals surface area (Å²) < 4.78 is 38.4. The molecule has 0 spiro atoms. The number of anilines is 1. The number of ether oxygens (including phenoxy) is 3. The van der Waals surface area contributed by atoms with E-state index in [9.17, 15) is 39.8 Å². The number of aromatic nitrogens is 2. The van der Waals surface area contributed by atoms with E-state index >= 15 is 0 Å². The molecule has 2 aliphatic heterocycles. The van der Waals surface area contributed by atoms with Crippen LogP contribution in [0.4, 0.5) is 5.82 Å². The Labute approximate surface area is 203 Å². The van der Waals surface area contributed by atoms with Gasteiger partial charge in [0.25, 0.3) is 0 Å². The second-order valence-electron chi connectivity index (χ2n) is 8.11. The zero-order chi connectivity index (χ0) is 26.6. The SMILES string of the molecule is Nc1ccn([C@@H]2O[C@H](COP(=O)(O)OCCCO[C@@H]3O[C@H](CO)[C@H](O)[C@H](O)[C@H]3O)[C@@H](O)[C@@H]2O)c(=O)n1. The van der Waals surface area contributed by atoms with E-state index < -0.39 is 82.0 Å². The van der Waals surface area contributed by atoms with Gasteiger partial charge in [0.15, 0.2) is 12.5 Å². The van der Waals surface area contributed by atoms with Crippen molar-refractivity contribution >= 4 is 13.6 Å². The quantitative estimate of drug-likeness (QED) is 0.0970. The molecule has 206 valence electrons. The van der Waals surface area contributed by atoms with E-state index in [2.05, 4.69) is 4.98 Å². The average Bonchev–Trinajstić information content (AvgIpc) is 3.11. The Hall–Kier alpha value is -1.57. The van der Waals surface area contributed by atoms with Crippen LogP contribution in [0.25, 0.3) is 0 Å². The highest BCUT2D eigenvalue weighted by molar-refractivity contribution is 7.47. The van der Waals surface area contributed by atoms with Crippen molar-refractivity contribution in [2.75, 3.05) is 32.2 Å². The lowest BCUT2D eigenvalue weighted by molar-refractivity contribution is -0.301. The summed E-state index contributed by atoms with van der Waals surface area (Å²) in [7, 11) is -4.63. The van der Waals surface area contributed by atoms with Crippen LogP contribution in [0.1, 0.15) is 12.6 Å². The van der Waals surface area contributed by atoms with Crippen molar-refractivity contribution in [1.29, 1.82) is 0 Å². The summed E-state index contributed by atoms with van der Waals surface area (Å²) in [5, 5.41) is 58.8. The van der Waals surface area contributed by atoms with Crippen molar-refractivity contribution in [1.82, 2.24) is 9.55 Å². The van der Waals surface area contributed by atoms with Gasteiger partial charge in [-0.15, -0.1) is 0 Å². The lowest BCUT2D eigenvalue weighted by Gasteiger charge is -2.39. The molecule has 0 bridgehead atoms. The van der Waals surface area contributed by atoms with Gasteiger partial charge in [-0.2, -0.15) is 4.98 Å². The van der Waals surface area contributed by atoms with Gasteiger partial charge in [0.2, 0.25) is 0 Å². The maximum Gasteiger partial charge on any atom is 0.472 e. The maximum atomic E-state index is 12.1. The molecule has 2 aliphatic rings. The molecule has 2 fully saturated rings. The van der Waals surface area contributed by atoms with E-state index in [0.29, 0.717) is 0 Å². The Bertz CT molecular complexity index is 965. The van der Waals surface area contributed by atoms with Gasteiger partial charge in [0.05, 0.1) is 26.4 Å². The van der Waals surface area contributed by atoms with Crippen LogP contribution in [0, 0.1) is 0 Å². The fourth-order valence-electron chi connectivity index (χ4n) is 3.56. The third-order valence-corrected chi connectivity index (χ3v) is 6.52. The van der Waals surface area contributed by atoms with Gasteiger partial charge in [-0.25, -0.2) is 9.36 Å². The summed E-state index contributed by atoms with van der Waals surface area (Å²) in [6.45, 7) is -1.80. The van der Waals surface area contributed by atoms with Crippen LogP contribution in [0.5, 0.6) is 0 Å². The van der Waals surface area contributed by atoms with Crippen LogP contribution in [0.2, 0.25) is 0 Å². The first kappa shape index (κ1) is 29.0. The van der Waals surface area contributed by atoms with Gasteiger partial charge < -0.3 is 55.5 Å². The minimum Gasteiger partial charge on any atom is -0.394 e. The third kappa shape index (κ3) is 6.84. The standard InChI is InChI=1S/C18H30N3O14P/c19-10-2-3-21(18(28)20-10)16-14(26)12(24)9(34-16)7-33-36(29,30)32-5-1-4-31-17-15(27)13(25)11(23)8(6-22)35-17/h2-3,8-9,11-17,22-27H,1,4-7H2,(H,29,30)(H2,19,20,28)/t8-,9-,11+,12-,13+,14+,15-,16-,17-/m1/s1. The summed E-state index contributed by atoms with van der Waals surface area (Å²) in [5.41, 5.74) is 4.57. The van der Waals surface area contributed by atoms with E-state index in [1.54, 1.807) is 0 Å². The Morgan fingerprint density at radius 1 is 1.00 bits per heavy atom. The van der Waals surface area contributed by atoms with Gasteiger partial charge >= 0.3 is 13.5 Å². The van der Waals surface area contributed by atoms with Crippen LogP contribution in [-0.2, 0) is 27.8 Å². The van der Waals surface area contributed by atoms with Crippen LogP contribution in [0.15, 0.2) is 17.1 Å². The van der Waals surface area contributed by atoms with E-state index in [0.717, 1.165) is 4.57 Å². The fourth-order valence-corrected chi connectivity index (χ4v) is 4.33. The Kier molecular flexibility index (Phi) is 9.92. The van der Waals surface area contributed by atoms with Crippen molar-refractivity contribution in [2.45, 2.75) is 61.7 Å². The minimum absolute atomic E-state index is 0.0132. The molecule has 2 saturated heterocycles. The number of phosphoric ester groups is 1. The molecule has 9 N–H and O–H groups in total. The first-order valence-corrected chi connectivity index (χ1v) is 12.3. The molecule has 0 saturated carbocycles. The number of nitrogen functional groups attached to an aromatic ring is 1. The number of aliphatic hydroxyl groups is 6. The highest BCUT2D eigenvalue weighted by Crippen LogP contribution is 2.44. The van der Waals surface area contributed by atoms with E-state index in [1.807, 2.05) is 0 Å². The van der Waals surface area contributed by atoms with Gasteiger partial charge in [-0.1, -0.05) is 0 Å². The summed E-state index contributed by atoms with van der Waals surface area (Å²) in [5.74, 6) is -0.0545. The van der Waals surface area contributed by atoms with Gasteiger partial charge in [-0.3, -0.25) is 13.6 Å². The van der Waals surface area contributed by atoms with Gasteiger partial charge in [0.1, 0.15) is 48.5 Å². The maximum absolute atomic E-state index is 12.1. The van der Waals surface area contributed by atoms with E-state index in [4.69, 9.17) is 34.1 Å². The molecule has 0 aromatic carbocycles. The number of hydrogen-bond acceptors (Lipinski definition) is 15. The molecular weight excluding hydrogens is 513 g/mol. The molecule has 17 nitrogen and oxygen atoms in total. The van der Waals surface area contributed by atoms with Crippen molar-refractivity contribution < 1.29 is 63.4 Å². The Morgan fingerprint density at radius 2 is 1.69 bits per heavy atom. The fraction of sp³-hybridized carbons (Fsp3) is 0.778. The van der Waals surface area contributed by atoms with Crippen LogP contribution in [-0.4, -0.2) is 121 Å². The summed E-state index contributed by atoms with van der Waals surface area (Å²) in [6, 6.07) is 1.28. The number of phosphoric acid groups is 1. The van der Waals surface area contributed by atoms with Crippen molar-refractivity contribution in [3.63, 3.8) is 0 Å². The molecule has 3 heterocycles. The molecular formula is C18H30N3O14P. The summed E-state index contributed by atoms with van der Waals surface area (Å²) in [4.78, 5) is 25.3. The largest absolute Gasteiger partial charge is 0.472 e. The normalized spacial score (nSPS) is 36.6. The predicted molar refractivity (Wildman–Crippen MR) is 115 cm³/mol. The second kappa shape index (κ2) is 12.3. The van der Waals surface area contributed by atoms with Crippen LogP contribution < -0.4 is 11.4 Å². The zero-order valence-corrected chi connectivity index (χ0v) is 19.7. The molecule has 1 aromatic rings. The van der Waals surface area contributed by atoms with E-state index in [1.165, 1.54) is 12.3 Å². The van der Waals surface area contributed by atoms with Gasteiger partial charge in [-0.05, 0) is 12.5 Å². The Balaban J connectivity index is 1.41. The molecule has 18 heteroatoms. The topological polar surface area (TPSA) is 266 Å². The first-order chi connectivity index (χ1) is 16.9. The number of rotatable bonds is 11. The van der Waals surface area contributed by atoms with Crippen molar-refractivity contribution in [2.24, 2.45) is 0 Å². The molecule has 1 unspecified atom stereocenters. The van der Waals surface area contributed by atoms with Crippen molar-refractivity contribution in [3.8, 4) is 0 Å².